The third-order valence-corrected chi connectivity index (χ3v) is 7.69. The molecule has 3 aromatic carbocycles. The van der Waals surface area contributed by atoms with Gasteiger partial charge in [0.05, 0.1) is 11.1 Å². The molecule has 0 radical (unpaired) electrons. The van der Waals surface area contributed by atoms with E-state index in [2.05, 4.69) is 49.4 Å². The van der Waals surface area contributed by atoms with Crippen molar-refractivity contribution in [1.82, 2.24) is 4.98 Å². The van der Waals surface area contributed by atoms with Crippen LogP contribution in [0.5, 0.6) is 11.5 Å². The number of pyridine rings is 1. The van der Waals surface area contributed by atoms with Gasteiger partial charge in [0.25, 0.3) is 0 Å². The van der Waals surface area contributed by atoms with Gasteiger partial charge in [0, 0.05) is 17.3 Å². The molecule has 142 valence electrons. The fourth-order valence-electron chi connectivity index (χ4n) is 6.31. The Morgan fingerprint density at radius 2 is 1.79 bits per heavy atom. The number of nitrogens with zero attached hydrogens (tertiary/aromatic N) is 1. The van der Waals surface area contributed by atoms with Crippen LogP contribution in [0.25, 0.3) is 32.8 Å². The van der Waals surface area contributed by atoms with Crippen LogP contribution in [0, 0.1) is 12.3 Å². The average molecular weight is 377 g/mol. The van der Waals surface area contributed by atoms with Gasteiger partial charge in [0.1, 0.15) is 11.5 Å². The van der Waals surface area contributed by atoms with Crippen molar-refractivity contribution < 1.29 is 4.74 Å². The predicted molar refractivity (Wildman–Crippen MR) is 118 cm³/mol. The zero-order chi connectivity index (χ0) is 19.2. The molecule has 2 aliphatic carbocycles. The van der Waals surface area contributed by atoms with Crippen LogP contribution in [-0.4, -0.2) is 4.98 Å². The van der Waals surface area contributed by atoms with Crippen LogP contribution in [0.1, 0.15) is 42.4 Å². The van der Waals surface area contributed by atoms with Crippen LogP contribution < -0.4 is 4.74 Å². The van der Waals surface area contributed by atoms with E-state index in [-0.39, 0.29) is 0 Å². The Hall–Kier alpha value is -2.87. The first-order valence-electron chi connectivity index (χ1n) is 10.9. The molecule has 2 heteroatoms. The van der Waals surface area contributed by atoms with E-state index in [0.717, 1.165) is 22.8 Å². The largest absolute Gasteiger partial charge is 0.455 e. The zero-order valence-corrected chi connectivity index (χ0v) is 16.7. The van der Waals surface area contributed by atoms with Crippen molar-refractivity contribution in [2.75, 3.05) is 0 Å². The van der Waals surface area contributed by atoms with Gasteiger partial charge in [-0.1, -0.05) is 43.2 Å². The highest BCUT2D eigenvalue weighted by atomic mass is 16.5. The summed E-state index contributed by atoms with van der Waals surface area (Å²) in [6.45, 7) is 2.19. The van der Waals surface area contributed by atoms with Crippen LogP contribution in [0.4, 0.5) is 0 Å². The van der Waals surface area contributed by atoms with Gasteiger partial charge in [-0.05, 0) is 77.4 Å². The summed E-state index contributed by atoms with van der Waals surface area (Å²) >= 11 is 0. The molecule has 1 saturated carbocycles. The second-order valence-electron chi connectivity index (χ2n) is 9.36. The lowest BCUT2D eigenvalue weighted by Gasteiger charge is -2.25. The maximum absolute atomic E-state index is 6.79. The first-order chi connectivity index (χ1) is 14.2. The Morgan fingerprint density at radius 1 is 0.931 bits per heavy atom. The summed E-state index contributed by atoms with van der Waals surface area (Å²) in [5.41, 5.74) is 6.87. The normalized spacial score (nSPS) is 18.2. The molecular weight excluding hydrogens is 354 g/mol. The maximum atomic E-state index is 6.79. The van der Waals surface area contributed by atoms with Crippen LogP contribution in [0.3, 0.4) is 0 Å². The highest BCUT2D eigenvalue weighted by Gasteiger charge is 2.42. The second kappa shape index (κ2) is 5.38. The Morgan fingerprint density at radius 3 is 2.69 bits per heavy atom. The van der Waals surface area contributed by atoms with Gasteiger partial charge < -0.3 is 4.74 Å². The number of aromatic nitrogens is 1. The third kappa shape index (κ3) is 2.04. The number of aryl methyl sites for hydroxylation is 1. The van der Waals surface area contributed by atoms with Crippen LogP contribution in [-0.2, 0) is 12.8 Å². The summed E-state index contributed by atoms with van der Waals surface area (Å²) in [5.74, 6) is 2.09. The molecule has 2 nitrogen and oxygen atoms in total. The lowest BCUT2D eigenvalue weighted by Crippen LogP contribution is -2.15. The number of hydrogen-bond donors (Lipinski definition) is 0. The minimum Gasteiger partial charge on any atom is -0.455 e. The summed E-state index contributed by atoms with van der Waals surface area (Å²) < 4.78 is 6.79. The molecule has 1 fully saturated rings. The highest BCUT2D eigenvalue weighted by molar-refractivity contribution is 6.06. The van der Waals surface area contributed by atoms with Crippen LogP contribution in [0.2, 0.25) is 0 Å². The van der Waals surface area contributed by atoms with E-state index < -0.39 is 0 Å². The topological polar surface area (TPSA) is 22.1 Å². The van der Waals surface area contributed by atoms with Crippen LogP contribution >= 0.6 is 0 Å². The summed E-state index contributed by atoms with van der Waals surface area (Å²) in [6, 6.07) is 15.4. The zero-order valence-electron chi connectivity index (χ0n) is 16.7. The summed E-state index contributed by atoms with van der Waals surface area (Å²) in [4.78, 5) is 4.86. The van der Waals surface area contributed by atoms with Gasteiger partial charge >= 0.3 is 0 Å². The smallest absolute Gasteiger partial charge is 0.140 e. The molecule has 1 aliphatic heterocycles. The molecule has 3 aliphatic rings. The van der Waals surface area contributed by atoms with E-state index in [1.807, 2.05) is 6.20 Å². The molecule has 7 rings (SSSR count). The molecule has 0 saturated heterocycles. The van der Waals surface area contributed by atoms with E-state index in [4.69, 9.17) is 9.72 Å². The van der Waals surface area contributed by atoms with Gasteiger partial charge in [-0.3, -0.25) is 4.98 Å². The minimum atomic E-state index is 0.478. The summed E-state index contributed by atoms with van der Waals surface area (Å²) in [7, 11) is 0. The van der Waals surface area contributed by atoms with E-state index >= 15 is 0 Å². The van der Waals surface area contributed by atoms with Crippen molar-refractivity contribution in [1.29, 1.82) is 0 Å². The molecule has 1 aromatic heterocycles. The molecule has 29 heavy (non-hydrogen) atoms. The first-order valence-corrected chi connectivity index (χ1v) is 10.9. The lowest BCUT2D eigenvalue weighted by atomic mass is 9.83. The monoisotopic (exact) mass is 377 g/mol. The van der Waals surface area contributed by atoms with Crippen molar-refractivity contribution in [3.8, 4) is 22.8 Å². The third-order valence-electron chi connectivity index (χ3n) is 7.69. The number of fused-ring (bicyclic) bond motifs is 5. The standard InChI is InChI=1S/C27H23NO/c1-16-20-7-3-2-6-17(20)13-21-24-23-18(8-11-28-24)12-19-14-27(9-4-5-10-27)15-22(19)26(23)29-25(16)21/h2-3,6-8,11-13H,4-5,9-10,14-15H2,1H3. The molecule has 0 amide bonds. The molecule has 4 aromatic rings. The number of ether oxygens (including phenoxy) is 1. The SMILES string of the molecule is Cc1c2c(cc3ccccc13)-c1nccc3cc4c(c(c13)O2)CC1(CCCC1)C4. The minimum absolute atomic E-state index is 0.478. The van der Waals surface area contributed by atoms with E-state index in [1.165, 1.54) is 76.8 Å². The number of rotatable bonds is 0. The molecule has 0 bridgehead atoms. The lowest BCUT2D eigenvalue weighted by molar-refractivity contribution is 0.316. The second-order valence-corrected chi connectivity index (χ2v) is 9.36. The van der Waals surface area contributed by atoms with Crippen molar-refractivity contribution in [3.05, 3.63) is 65.4 Å². The predicted octanol–water partition coefficient (Wildman–Crippen LogP) is 7.13. The summed E-state index contributed by atoms with van der Waals surface area (Å²) in [5, 5.41) is 5.00. The highest BCUT2D eigenvalue weighted by Crippen LogP contribution is 2.56. The molecule has 0 atom stereocenters. The van der Waals surface area contributed by atoms with Crippen molar-refractivity contribution in [2.24, 2.45) is 5.41 Å². The average Bonchev–Trinajstić information content (AvgIpc) is 3.35. The quantitative estimate of drug-likeness (QED) is 0.286. The van der Waals surface area contributed by atoms with Crippen molar-refractivity contribution in [3.63, 3.8) is 0 Å². The van der Waals surface area contributed by atoms with Gasteiger partial charge in [-0.25, -0.2) is 0 Å². The fourth-order valence-corrected chi connectivity index (χ4v) is 6.31. The van der Waals surface area contributed by atoms with Gasteiger partial charge in [-0.15, -0.1) is 0 Å². The number of benzene rings is 3. The van der Waals surface area contributed by atoms with Crippen molar-refractivity contribution >= 4 is 21.5 Å². The first kappa shape index (κ1) is 16.0. The van der Waals surface area contributed by atoms with Gasteiger partial charge in [0.15, 0.2) is 0 Å². The van der Waals surface area contributed by atoms with E-state index in [9.17, 15) is 0 Å². The van der Waals surface area contributed by atoms with Crippen LogP contribution in [0.15, 0.2) is 48.7 Å². The Bertz CT molecular complexity index is 1340. The number of hydrogen-bond acceptors (Lipinski definition) is 2. The van der Waals surface area contributed by atoms with E-state index in [0.29, 0.717) is 5.41 Å². The molecule has 2 heterocycles. The van der Waals surface area contributed by atoms with Crippen molar-refractivity contribution in [2.45, 2.75) is 45.4 Å². The van der Waals surface area contributed by atoms with Gasteiger partial charge in [-0.2, -0.15) is 0 Å². The molecule has 0 N–H and O–H groups in total. The Kier molecular flexibility index (Phi) is 2.97. The fraction of sp³-hybridized carbons (Fsp3) is 0.296. The maximum Gasteiger partial charge on any atom is 0.140 e. The Balaban J connectivity index is 1.55. The molecule has 1 spiro atoms. The van der Waals surface area contributed by atoms with E-state index in [1.54, 1.807) is 0 Å². The van der Waals surface area contributed by atoms with Gasteiger partial charge in [0.2, 0.25) is 0 Å². The molecule has 0 unspecified atom stereocenters. The summed E-state index contributed by atoms with van der Waals surface area (Å²) in [6.07, 6.45) is 9.84. The molecular formula is C27H23NO. The Labute approximate surface area is 170 Å².